The number of benzene rings is 2. The van der Waals surface area contributed by atoms with Crippen molar-refractivity contribution in [2.75, 3.05) is 21.3 Å². The topological polar surface area (TPSA) is 83.1 Å². The van der Waals surface area contributed by atoms with Crippen LogP contribution in [0.4, 0.5) is 0 Å². The number of nitrogens with one attached hydrogen (secondary N) is 1. The summed E-state index contributed by atoms with van der Waals surface area (Å²) in [4.78, 5) is 27.4. The van der Waals surface area contributed by atoms with Crippen LogP contribution in [0, 0.1) is 0 Å². The van der Waals surface area contributed by atoms with E-state index in [0.717, 1.165) is 22.6 Å². The second-order valence-electron chi connectivity index (χ2n) is 9.64. The molecule has 0 bridgehead atoms. The monoisotopic (exact) mass is 583 g/mol. The molecule has 0 aromatic heterocycles. The maximum Gasteiger partial charge on any atom is 0.337 e. The summed E-state index contributed by atoms with van der Waals surface area (Å²) in [7, 11) is 4.76. The van der Waals surface area contributed by atoms with Crippen LogP contribution in [0.2, 0.25) is 0 Å². The molecule has 3 atom stereocenters. The van der Waals surface area contributed by atoms with Gasteiger partial charge in [-0.1, -0.05) is 35.0 Å². The van der Waals surface area contributed by atoms with Crippen molar-refractivity contribution in [2.45, 2.75) is 58.0 Å². The highest BCUT2D eigenvalue weighted by molar-refractivity contribution is 9.10. The third-order valence-corrected chi connectivity index (χ3v) is 8.02. The Morgan fingerprint density at radius 3 is 2.32 bits per heavy atom. The van der Waals surface area contributed by atoms with Gasteiger partial charge in [-0.3, -0.25) is 4.79 Å². The number of Topliss-reactive ketones (excluding diaryl/α,β-unsaturated/α-hetero) is 1. The van der Waals surface area contributed by atoms with E-state index < -0.39 is 11.9 Å². The third kappa shape index (κ3) is 5.32. The smallest absolute Gasteiger partial charge is 0.337 e. The van der Waals surface area contributed by atoms with Crippen LogP contribution >= 0.6 is 15.9 Å². The van der Waals surface area contributed by atoms with Crippen LogP contribution in [-0.4, -0.2) is 39.2 Å². The van der Waals surface area contributed by atoms with E-state index in [-0.39, 0.29) is 17.8 Å². The van der Waals surface area contributed by atoms with Gasteiger partial charge in [0.1, 0.15) is 5.75 Å². The maximum atomic E-state index is 13.9. The van der Waals surface area contributed by atoms with Gasteiger partial charge in [-0.25, -0.2) is 4.79 Å². The molecule has 1 aliphatic carbocycles. The van der Waals surface area contributed by atoms with Crippen LogP contribution in [0.3, 0.4) is 0 Å². The lowest BCUT2D eigenvalue weighted by molar-refractivity contribution is -0.144. The Morgan fingerprint density at radius 2 is 1.71 bits per heavy atom. The number of carbonyl (C=O) groups excluding carboxylic acids is 2. The first kappa shape index (κ1) is 27.8. The average Bonchev–Trinajstić information content (AvgIpc) is 2.91. The van der Waals surface area contributed by atoms with Gasteiger partial charge in [0.15, 0.2) is 17.3 Å². The first-order valence-corrected chi connectivity index (χ1v) is 13.5. The molecular formula is C30H34BrNO6. The highest BCUT2D eigenvalue weighted by atomic mass is 79.9. The van der Waals surface area contributed by atoms with E-state index in [0.29, 0.717) is 52.1 Å². The fourth-order valence-corrected chi connectivity index (χ4v) is 5.70. The fourth-order valence-electron chi connectivity index (χ4n) is 5.15. The molecule has 0 unspecified atom stereocenters. The minimum atomic E-state index is -0.624. The molecule has 0 saturated carbocycles. The lowest BCUT2D eigenvalue weighted by Gasteiger charge is -2.37. The van der Waals surface area contributed by atoms with Crippen molar-refractivity contribution in [3.63, 3.8) is 0 Å². The van der Waals surface area contributed by atoms with Crippen molar-refractivity contribution in [3.8, 4) is 17.2 Å². The number of ketones is 1. The largest absolute Gasteiger partial charge is 0.497 e. The molecule has 8 heteroatoms. The van der Waals surface area contributed by atoms with Gasteiger partial charge in [0.2, 0.25) is 0 Å². The summed E-state index contributed by atoms with van der Waals surface area (Å²) in [6.45, 7) is 5.69. The Kier molecular flexibility index (Phi) is 8.51. The van der Waals surface area contributed by atoms with Crippen LogP contribution in [0.5, 0.6) is 17.2 Å². The van der Waals surface area contributed by atoms with Crippen LogP contribution in [0.25, 0.3) is 0 Å². The van der Waals surface area contributed by atoms with Crippen molar-refractivity contribution in [3.05, 3.63) is 74.5 Å². The van der Waals surface area contributed by atoms with E-state index in [1.54, 1.807) is 27.4 Å². The third-order valence-electron chi connectivity index (χ3n) is 7.33. The Balaban J connectivity index is 1.84. The molecule has 7 nitrogen and oxygen atoms in total. The Bertz CT molecular complexity index is 1300. The quantitative estimate of drug-likeness (QED) is 0.371. The summed E-state index contributed by atoms with van der Waals surface area (Å²) < 4.78 is 22.8. The molecule has 202 valence electrons. The van der Waals surface area contributed by atoms with Crippen molar-refractivity contribution in [2.24, 2.45) is 0 Å². The molecule has 0 spiro atoms. The molecule has 1 N–H and O–H groups in total. The van der Waals surface area contributed by atoms with Gasteiger partial charge >= 0.3 is 5.97 Å². The molecule has 1 aliphatic heterocycles. The number of esters is 1. The van der Waals surface area contributed by atoms with Crippen molar-refractivity contribution < 1.29 is 28.5 Å². The number of ether oxygens (including phenoxy) is 4. The zero-order valence-electron chi connectivity index (χ0n) is 22.6. The Hall–Kier alpha value is -3.26. The first-order chi connectivity index (χ1) is 18.2. The molecule has 4 rings (SSSR count). The molecule has 0 fully saturated rings. The van der Waals surface area contributed by atoms with E-state index >= 15 is 0 Å². The number of carbonyl (C=O) groups is 2. The number of hydrogen-bond acceptors (Lipinski definition) is 7. The minimum Gasteiger partial charge on any atom is -0.497 e. The van der Waals surface area contributed by atoms with E-state index in [1.165, 1.54) is 0 Å². The van der Waals surface area contributed by atoms with Gasteiger partial charge in [-0.15, -0.1) is 0 Å². The predicted octanol–water partition coefficient (Wildman–Crippen LogP) is 6.18. The maximum absolute atomic E-state index is 13.9. The van der Waals surface area contributed by atoms with Crippen LogP contribution in [0.15, 0.2) is 63.4 Å². The van der Waals surface area contributed by atoms with E-state index in [2.05, 4.69) is 21.2 Å². The summed E-state index contributed by atoms with van der Waals surface area (Å²) >= 11 is 3.67. The molecule has 2 aliphatic rings. The lowest BCUT2D eigenvalue weighted by atomic mass is 9.71. The van der Waals surface area contributed by atoms with E-state index in [1.807, 2.05) is 51.1 Å². The predicted molar refractivity (Wildman–Crippen MR) is 149 cm³/mol. The van der Waals surface area contributed by atoms with Crippen molar-refractivity contribution >= 4 is 27.7 Å². The fraction of sp³-hybridized carbons (Fsp3) is 0.400. The molecular weight excluding hydrogens is 550 g/mol. The molecule has 0 radical (unpaired) electrons. The van der Waals surface area contributed by atoms with Gasteiger partial charge < -0.3 is 24.3 Å². The van der Waals surface area contributed by atoms with E-state index in [9.17, 15) is 9.59 Å². The molecule has 2 aromatic rings. The summed E-state index contributed by atoms with van der Waals surface area (Å²) in [5.41, 5.74) is 4.32. The normalized spacial score (nSPS) is 19.9. The van der Waals surface area contributed by atoms with Crippen molar-refractivity contribution in [1.82, 2.24) is 5.32 Å². The number of allylic oxidation sites excluding steroid dienone is 3. The summed E-state index contributed by atoms with van der Waals surface area (Å²) in [6, 6.07) is 11.5. The van der Waals surface area contributed by atoms with Gasteiger partial charge in [0.25, 0.3) is 0 Å². The van der Waals surface area contributed by atoms with Gasteiger partial charge in [0.05, 0.1) is 33.0 Å². The summed E-state index contributed by atoms with van der Waals surface area (Å²) in [5, 5.41) is 3.41. The molecule has 38 heavy (non-hydrogen) atoms. The second kappa shape index (κ2) is 11.6. The van der Waals surface area contributed by atoms with Gasteiger partial charge in [-0.2, -0.15) is 0 Å². The van der Waals surface area contributed by atoms with Crippen molar-refractivity contribution in [1.29, 1.82) is 0 Å². The zero-order valence-corrected chi connectivity index (χ0v) is 24.2. The van der Waals surface area contributed by atoms with Crippen LogP contribution < -0.4 is 19.5 Å². The molecule has 2 aromatic carbocycles. The second-order valence-corrected chi connectivity index (χ2v) is 10.5. The minimum absolute atomic E-state index is 0.00686. The lowest BCUT2D eigenvalue weighted by Crippen LogP contribution is -2.36. The van der Waals surface area contributed by atoms with Crippen LogP contribution in [0.1, 0.15) is 63.0 Å². The average molecular weight is 585 g/mol. The standard InChI is InChI=1S/C30H34BrNO6/c1-7-16(2)38-30(34)27-17(3)32-23-12-19(18-8-10-20(35-4)11-9-18)13-24(33)29(23)28(27)21-14-25(36-5)26(37-6)15-22(21)31/h8-11,14-16,19,28,32H,7,12-13H2,1-6H3/t16-,19-,28+/m1/s1. The highest BCUT2D eigenvalue weighted by Gasteiger charge is 2.42. The number of dihydropyridines is 1. The summed E-state index contributed by atoms with van der Waals surface area (Å²) in [5.74, 6) is 0.772. The number of hydrogen-bond donors (Lipinski definition) is 1. The number of methoxy groups -OCH3 is 3. The molecule has 0 amide bonds. The SMILES string of the molecule is CC[C@@H](C)OC(=O)C1=C(C)NC2=C(C(=O)C[C@H](c3ccc(OC)cc3)C2)[C@H]1c1cc(OC)c(OC)cc1Br. The van der Waals surface area contributed by atoms with Gasteiger partial charge in [-0.05, 0) is 68.0 Å². The summed E-state index contributed by atoms with van der Waals surface area (Å²) in [6.07, 6.45) is 1.40. The Morgan fingerprint density at radius 1 is 1.05 bits per heavy atom. The molecule has 1 heterocycles. The number of halogens is 1. The molecule has 0 saturated heterocycles. The first-order valence-electron chi connectivity index (χ1n) is 12.7. The van der Waals surface area contributed by atoms with E-state index in [4.69, 9.17) is 18.9 Å². The van der Waals surface area contributed by atoms with Gasteiger partial charge in [0, 0.05) is 33.8 Å². The zero-order chi connectivity index (χ0) is 27.6. The Labute approximate surface area is 232 Å². The van der Waals surface area contributed by atoms with Crippen LogP contribution in [-0.2, 0) is 14.3 Å². The highest BCUT2D eigenvalue weighted by Crippen LogP contribution is 2.49. The number of rotatable bonds is 8.